The molecule has 0 amide bonds. The highest BCUT2D eigenvalue weighted by Crippen LogP contribution is 2.23. The number of carbonyl (C=O) groups is 1. The molecule has 0 aliphatic rings. The third-order valence-electron chi connectivity index (χ3n) is 1.76. The second kappa shape index (κ2) is 3.06. The van der Waals surface area contributed by atoms with Crippen LogP contribution >= 0.6 is 15.9 Å². The Balaban J connectivity index is 2.77. The number of imidazole rings is 1. The Kier molecular flexibility index (Phi) is 1.99. The van der Waals surface area contributed by atoms with E-state index in [9.17, 15) is 9.18 Å². The molecule has 0 radical (unpaired) electrons. The third-order valence-corrected chi connectivity index (χ3v) is 2.36. The molecular weight excluding hydrogens is 255 g/mol. The molecule has 2 rings (SSSR count). The Morgan fingerprint density at radius 2 is 2.29 bits per heavy atom. The average Bonchev–Trinajstić information content (AvgIpc) is 2.45. The minimum Gasteiger partial charge on any atom is -0.478 e. The summed E-state index contributed by atoms with van der Waals surface area (Å²) in [7, 11) is 0. The number of H-pyrrole nitrogens is 1. The summed E-state index contributed by atoms with van der Waals surface area (Å²) in [6, 6.07) is 2.71. The molecule has 0 unspecified atom stereocenters. The number of carboxylic acid groups (broad SMARTS) is 1. The van der Waals surface area contributed by atoms with E-state index in [0.717, 1.165) is 0 Å². The van der Waals surface area contributed by atoms with E-state index in [2.05, 4.69) is 25.9 Å². The number of carboxylic acids is 1. The summed E-state index contributed by atoms with van der Waals surface area (Å²) in [6.07, 6.45) is -0.733. The first-order chi connectivity index (χ1) is 6.58. The fraction of sp³-hybridized carbons (Fsp3) is 0. The first-order valence-electron chi connectivity index (χ1n) is 3.66. The molecule has 4 nitrogen and oxygen atoms in total. The number of aromatic nitrogens is 2. The van der Waals surface area contributed by atoms with E-state index in [4.69, 9.17) is 5.11 Å². The van der Waals surface area contributed by atoms with Gasteiger partial charge in [0.25, 0.3) is 6.08 Å². The van der Waals surface area contributed by atoms with Crippen LogP contribution in [0, 0.1) is 6.08 Å². The van der Waals surface area contributed by atoms with E-state index in [-0.39, 0.29) is 5.56 Å². The number of aromatic amines is 1. The van der Waals surface area contributed by atoms with Crippen molar-refractivity contribution < 1.29 is 14.3 Å². The Morgan fingerprint density at radius 3 is 2.93 bits per heavy atom. The summed E-state index contributed by atoms with van der Waals surface area (Å²) >= 11 is 3.12. The second-order valence-electron chi connectivity index (χ2n) is 2.69. The zero-order valence-electron chi connectivity index (χ0n) is 6.71. The van der Waals surface area contributed by atoms with Crippen LogP contribution in [0.1, 0.15) is 10.4 Å². The van der Waals surface area contributed by atoms with E-state index >= 15 is 0 Å². The maximum Gasteiger partial charge on any atom is 0.335 e. The fourth-order valence-corrected chi connectivity index (χ4v) is 1.72. The lowest BCUT2D eigenvalue weighted by Crippen LogP contribution is -1.95. The molecule has 72 valence electrons. The monoisotopic (exact) mass is 258 g/mol. The van der Waals surface area contributed by atoms with Crippen molar-refractivity contribution in [3.05, 3.63) is 28.2 Å². The minimum atomic E-state index is -1.07. The van der Waals surface area contributed by atoms with Crippen molar-refractivity contribution >= 4 is 32.9 Å². The van der Waals surface area contributed by atoms with Gasteiger partial charge in [-0.2, -0.15) is 4.39 Å². The number of benzene rings is 1. The molecule has 0 aliphatic carbocycles. The number of nitrogens with zero attached hydrogens (tertiary/aromatic N) is 1. The second-order valence-corrected chi connectivity index (χ2v) is 3.54. The van der Waals surface area contributed by atoms with Gasteiger partial charge in [-0.3, -0.25) is 0 Å². The molecule has 1 aromatic heterocycles. The van der Waals surface area contributed by atoms with Crippen molar-refractivity contribution in [2.24, 2.45) is 0 Å². The smallest absolute Gasteiger partial charge is 0.335 e. The van der Waals surface area contributed by atoms with Gasteiger partial charge in [-0.15, -0.1) is 0 Å². The third kappa shape index (κ3) is 1.37. The molecule has 0 spiro atoms. The van der Waals surface area contributed by atoms with E-state index in [0.29, 0.717) is 15.5 Å². The van der Waals surface area contributed by atoms with Gasteiger partial charge in [-0.1, -0.05) is 0 Å². The van der Waals surface area contributed by atoms with E-state index in [1.165, 1.54) is 12.1 Å². The molecule has 2 aromatic rings. The van der Waals surface area contributed by atoms with Gasteiger partial charge in [0.15, 0.2) is 0 Å². The van der Waals surface area contributed by atoms with E-state index < -0.39 is 12.0 Å². The Bertz CT molecular complexity index is 523. The summed E-state index contributed by atoms with van der Waals surface area (Å²) < 4.78 is 13.2. The molecule has 1 heterocycles. The Labute approximate surface area is 85.9 Å². The summed E-state index contributed by atoms with van der Waals surface area (Å²) in [6.45, 7) is 0. The van der Waals surface area contributed by atoms with Crippen LogP contribution in [-0.4, -0.2) is 21.0 Å². The highest BCUT2D eigenvalue weighted by Gasteiger charge is 2.11. The lowest BCUT2D eigenvalue weighted by Gasteiger charge is -1.96. The molecule has 0 bridgehead atoms. The Morgan fingerprint density at radius 1 is 1.57 bits per heavy atom. The number of nitrogens with one attached hydrogen (secondary N) is 1. The maximum absolute atomic E-state index is 12.7. The van der Waals surface area contributed by atoms with Crippen molar-refractivity contribution in [2.75, 3.05) is 0 Å². The molecule has 0 fully saturated rings. The van der Waals surface area contributed by atoms with Crippen LogP contribution in [0.3, 0.4) is 0 Å². The molecule has 0 atom stereocenters. The van der Waals surface area contributed by atoms with Crippen LogP contribution < -0.4 is 0 Å². The predicted octanol–water partition coefficient (Wildman–Crippen LogP) is 2.16. The topological polar surface area (TPSA) is 66.0 Å². The number of aromatic carboxylic acids is 1. The Hall–Kier alpha value is -1.43. The number of halogens is 2. The summed E-state index contributed by atoms with van der Waals surface area (Å²) in [5.74, 6) is -1.07. The molecule has 0 saturated carbocycles. The van der Waals surface area contributed by atoms with Gasteiger partial charge in [-0.25, -0.2) is 9.78 Å². The van der Waals surface area contributed by atoms with Gasteiger partial charge in [0.1, 0.15) is 5.52 Å². The predicted molar refractivity (Wildman–Crippen MR) is 50.7 cm³/mol. The minimum absolute atomic E-state index is 0.0769. The molecule has 1 aromatic carbocycles. The largest absolute Gasteiger partial charge is 0.478 e. The maximum atomic E-state index is 12.7. The van der Waals surface area contributed by atoms with Gasteiger partial charge in [0.2, 0.25) is 0 Å². The normalized spacial score (nSPS) is 10.7. The zero-order chi connectivity index (χ0) is 10.3. The van der Waals surface area contributed by atoms with Crippen LogP contribution in [-0.2, 0) is 0 Å². The average molecular weight is 259 g/mol. The number of hydrogen-bond acceptors (Lipinski definition) is 2. The van der Waals surface area contributed by atoms with Crippen LogP contribution in [0.2, 0.25) is 0 Å². The molecular formula is C8H4BrFN2O2. The molecule has 6 heteroatoms. The van der Waals surface area contributed by atoms with Crippen LogP contribution in [0.15, 0.2) is 16.6 Å². The van der Waals surface area contributed by atoms with Crippen molar-refractivity contribution in [1.82, 2.24) is 9.97 Å². The number of fused-ring (bicyclic) bond motifs is 1. The standard InChI is InChI=1S/C8H4BrFN2O2/c9-4-1-3(7(13)14)2-5-6(4)12-8(10)11-5/h1-2H,(H,11,12)(H,13,14). The van der Waals surface area contributed by atoms with Gasteiger partial charge in [0.05, 0.1) is 11.1 Å². The number of rotatable bonds is 1. The summed E-state index contributed by atoms with van der Waals surface area (Å²) in [5, 5.41) is 8.73. The first-order valence-corrected chi connectivity index (χ1v) is 4.45. The van der Waals surface area contributed by atoms with Crippen LogP contribution in [0.5, 0.6) is 0 Å². The van der Waals surface area contributed by atoms with Crippen molar-refractivity contribution in [3.8, 4) is 0 Å². The summed E-state index contributed by atoms with van der Waals surface area (Å²) in [5.41, 5.74) is 0.815. The van der Waals surface area contributed by atoms with E-state index in [1.807, 2.05) is 0 Å². The molecule has 14 heavy (non-hydrogen) atoms. The lowest BCUT2D eigenvalue weighted by molar-refractivity contribution is 0.0697. The molecule has 0 saturated heterocycles. The van der Waals surface area contributed by atoms with Crippen molar-refractivity contribution in [2.45, 2.75) is 0 Å². The molecule has 2 N–H and O–H groups in total. The van der Waals surface area contributed by atoms with Crippen molar-refractivity contribution in [1.29, 1.82) is 0 Å². The van der Waals surface area contributed by atoms with Crippen molar-refractivity contribution in [3.63, 3.8) is 0 Å². The SMILES string of the molecule is O=C(O)c1cc(Br)c2nc(F)[nH]c2c1. The lowest BCUT2D eigenvalue weighted by atomic mass is 10.2. The highest BCUT2D eigenvalue weighted by atomic mass is 79.9. The van der Waals surface area contributed by atoms with Crippen LogP contribution in [0.4, 0.5) is 4.39 Å². The number of hydrogen-bond donors (Lipinski definition) is 2. The first kappa shape index (κ1) is 9.14. The van der Waals surface area contributed by atoms with Gasteiger partial charge < -0.3 is 10.1 Å². The fourth-order valence-electron chi connectivity index (χ4n) is 1.17. The zero-order valence-corrected chi connectivity index (χ0v) is 8.30. The van der Waals surface area contributed by atoms with Gasteiger partial charge >= 0.3 is 5.97 Å². The highest BCUT2D eigenvalue weighted by molar-refractivity contribution is 9.10. The van der Waals surface area contributed by atoms with Crippen LogP contribution in [0.25, 0.3) is 11.0 Å². The van der Waals surface area contributed by atoms with E-state index in [1.54, 1.807) is 0 Å². The summed E-state index contributed by atoms with van der Waals surface area (Å²) in [4.78, 5) is 16.5. The quantitative estimate of drug-likeness (QED) is 0.824. The van der Waals surface area contributed by atoms with Gasteiger partial charge in [-0.05, 0) is 28.1 Å². The molecule has 0 aliphatic heterocycles. The van der Waals surface area contributed by atoms with Gasteiger partial charge in [0, 0.05) is 4.47 Å².